The summed E-state index contributed by atoms with van der Waals surface area (Å²) in [5.41, 5.74) is 2.39. The van der Waals surface area contributed by atoms with Gasteiger partial charge in [0.25, 0.3) is 0 Å². The first-order valence-corrected chi connectivity index (χ1v) is 15.0. The van der Waals surface area contributed by atoms with E-state index in [9.17, 15) is 0 Å². The molecule has 0 radical (unpaired) electrons. The first-order chi connectivity index (χ1) is 11.0. The molecule has 23 heavy (non-hydrogen) atoms. The molecule has 1 atom stereocenters. The molecule has 2 rings (SSSR count). The third-order valence-electron chi connectivity index (χ3n) is 3.31. The van der Waals surface area contributed by atoms with E-state index in [0.29, 0.717) is 3.97 Å². The van der Waals surface area contributed by atoms with Crippen molar-refractivity contribution in [2.24, 2.45) is 0 Å². The molecule has 0 amide bonds. The molecule has 1 aromatic carbocycles. The van der Waals surface area contributed by atoms with Crippen LogP contribution in [-0.4, -0.2) is 34.2 Å². The van der Waals surface area contributed by atoms with E-state index in [4.69, 9.17) is 4.43 Å². The zero-order valence-corrected chi connectivity index (χ0v) is 17.7. The number of hydrogen-bond acceptors (Lipinski definition) is 2. The third-order valence-corrected chi connectivity index (χ3v) is 7.09. The molecule has 122 valence electrons. The van der Waals surface area contributed by atoms with Crippen LogP contribution < -0.4 is 0 Å². The van der Waals surface area contributed by atoms with Gasteiger partial charge in [-0.2, -0.15) is 0 Å². The molecule has 0 N–H and O–H groups in total. The second-order valence-corrected chi connectivity index (χ2v) is 13.8. The number of benzene rings is 1. The van der Waals surface area contributed by atoms with Crippen LogP contribution in [0.2, 0.25) is 24.6 Å². The van der Waals surface area contributed by atoms with Crippen LogP contribution in [0.4, 0.5) is 0 Å². The maximum atomic E-state index is 6.31. The Hall–Kier alpha value is -1.08. The summed E-state index contributed by atoms with van der Waals surface area (Å²) >= 11 is -0.0636. The number of nitrogens with zero attached hydrogens (tertiary/aromatic N) is 1. The second-order valence-electron chi connectivity index (χ2n) is 6.37. The normalized spacial score (nSPS) is 13.7. The average Bonchev–Trinajstić information content (AvgIpc) is 2.55. The van der Waals surface area contributed by atoms with Crippen LogP contribution in [0.25, 0.3) is 5.76 Å². The minimum atomic E-state index is -1.66. The molecule has 0 aliphatic carbocycles. The van der Waals surface area contributed by atoms with Gasteiger partial charge >= 0.3 is 151 Å². The van der Waals surface area contributed by atoms with E-state index in [0.717, 1.165) is 17.9 Å². The molecule has 1 unspecified atom stereocenters. The van der Waals surface area contributed by atoms with Crippen LogP contribution in [0.3, 0.4) is 0 Å². The Labute approximate surface area is 151 Å². The summed E-state index contributed by atoms with van der Waals surface area (Å²) in [6, 6.07) is 16.8. The predicted molar refractivity (Wildman–Crippen MR) is 102 cm³/mol. The Kier molecular flexibility index (Phi) is 6.89. The maximum absolute atomic E-state index is 6.31. The van der Waals surface area contributed by atoms with Crippen molar-refractivity contribution in [3.8, 4) is 0 Å². The van der Waals surface area contributed by atoms with Crippen molar-refractivity contribution in [2.75, 3.05) is 0 Å². The van der Waals surface area contributed by atoms with Gasteiger partial charge in [-0.1, -0.05) is 0 Å². The van der Waals surface area contributed by atoms with Gasteiger partial charge in [-0.3, -0.25) is 0 Å². The molecule has 1 heterocycles. The SMILES string of the molecule is C[Te]C(C/C=C(/O[Si](C)(C)C)c1ccccn1)c1ccccc1. The molecule has 4 heteroatoms. The van der Waals surface area contributed by atoms with Crippen molar-refractivity contribution in [3.63, 3.8) is 0 Å². The van der Waals surface area contributed by atoms with Crippen LogP contribution >= 0.6 is 0 Å². The van der Waals surface area contributed by atoms with Gasteiger partial charge in [0.2, 0.25) is 0 Å². The minimum absolute atomic E-state index is 0.0636. The van der Waals surface area contributed by atoms with Crippen molar-refractivity contribution in [2.45, 2.75) is 35.0 Å². The monoisotopic (exact) mass is 441 g/mol. The van der Waals surface area contributed by atoms with Crippen LogP contribution in [0.5, 0.6) is 0 Å². The Morgan fingerprint density at radius 1 is 1.13 bits per heavy atom. The summed E-state index contributed by atoms with van der Waals surface area (Å²) in [5, 5.41) is 0. The third kappa shape index (κ3) is 6.14. The second kappa shape index (κ2) is 8.68. The van der Waals surface area contributed by atoms with Gasteiger partial charge < -0.3 is 0 Å². The van der Waals surface area contributed by atoms with Crippen molar-refractivity contribution in [1.82, 2.24) is 4.98 Å². The van der Waals surface area contributed by atoms with E-state index < -0.39 is 8.32 Å². The van der Waals surface area contributed by atoms with Gasteiger partial charge in [0, 0.05) is 0 Å². The Morgan fingerprint density at radius 3 is 2.39 bits per heavy atom. The van der Waals surface area contributed by atoms with E-state index in [1.807, 2.05) is 24.4 Å². The quantitative estimate of drug-likeness (QED) is 0.440. The van der Waals surface area contributed by atoms with Gasteiger partial charge in [-0.25, -0.2) is 0 Å². The number of pyridine rings is 1. The molecule has 0 saturated carbocycles. The van der Waals surface area contributed by atoms with Crippen LogP contribution in [0, 0.1) is 0 Å². The Balaban J connectivity index is 2.22. The fraction of sp³-hybridized carbons (Fsp3) is 0.316. The first-order valence-electron chi connectivity index (χ1n) is 7.88. The molecule has 0 aliphatic rings. The van der Waals surface area contributed by atoms with Gasteiger partial charge in [0.15, 0.2) is 0 Å². The van der Waals surface area contributed by atoms with Crippen molar-refractivity contribution < 1.29 is 4.43 Å². The average molecular weight is 439 g/mol. The van der Waals surface area contributed by atoms with E-state index in [2.05, 4.69) is 66.0 Å². The molecule has 0 bridgehead atoms. The summed E-state index contributed by atoms with van der Waals surface area (Å²) in [6.07, 6.45) is 5.12. The molecule has 1 aromatic heterocycles. The zero-order chi connectivity index (χ0) is 16.7. The summed E-state index contributed by atoms with van der Waals surface area (Å²) in [5.74, 6) is 0.951. The van der Waals surface area contributed by atoms with Crippen LogP contribution in [-0.2, 0) is 4.43 Å². The Bertz CT molecular complexity index is 623. The van der Waals surface area contributed by atoms with E-state index in [1.54, 1.807) is 0 Å². The van der Waals surface area contributed by atoms with Gasteiger partial charge in [0.1, 0.15) is 0 Å². The molecule has 0 spiro atoms. The zero-order valence-electron chi connectivity index (χ0n) is 14.3. The fourth-order valence-electron chi connectivity index (χ4n) is 2.29. The van der Waals surface area contributed by atoms with Gasteiger partial charge in [-0.05, 0) is 0 Å². The predicted octanol–water partition coefficient (Wildman–Crippen LogP) is 5.16. The number of rotatable bonds is 7. The molecular formula is C19H25NOSiTe. The van der Waals surface area contributed by atoms with E-state index in [1.165, 1.54) is 5.56 Å². The topological polar surface area (TPSA) is 22.1 Å². The van der Waals surface area contributed by atoms with Gasteiger partial charge in [0.05, 0.1) is 0 Å². The van der Waals surface area contributed by atoms with Crippen molar-refractivity contribution in [3.05, 3.63) is 72.1 Å². The summed E-state index contributed by atoms with van der Waals surface area (Å²) in [6.45, 7) is 6.64. The molecular weight excluding hydrogens is 414 g/mol. The summed E-state index contributed by atoms with van der Waals surface area (Å²) < 4.78 is 6.95. The van der Waals surface area contributed by atoms with E-state index >= 15 is 0 Å². The Morgan fingerprint density at radius 2 is 1.83 bits per heavy atom. The first kappa shape index (κ1) is 18.3. The number of allylic oxidation sites excluding steroid dienone is 1. The molecule has 2 aromatic rings. The van der Waals surface area contributed by atoms with Gasteiger partial charge in [-0.15, -0.1) is 0 Å². The number of aromatic nitrogens is 1. The summed E-state index contributed by atoms with van der Waals surface area (Å²) in [4.78, 5) is 6.85. The summed E-state index contributed by atoms with van der Waals surface area (Å²) in [7, 11) is -1.66. The van der Waals surface area contributed by atoms with E-state index in [-0.39, 0.29) is 20.9 Å². The van der Waals surface area contributed by atoms with Crippen molar-refractivity contribution >= 4 is 35.0 Å². The van der Waals surface area contributed by atoms with Crippen LogP contribution in [0.1, 0.15) is 21.6 Å². The molecule has 0 fully saturated rings. The number of hydrogen-bond donors (Lipinski definition) is 0. The fourth-order valence-corrected chi connectivity index (χ4v) is 5.18. The van der Waals surface area contributed by atoms with Crippen LogP contribution in [0.15, 0.2) is 60.8 Å². The molecule has 2 nitrogen and oxygen atoms in total. The standard InChI is InChI=1S/C19H25NOSiTe/c1-22(2,3)21-18(17-12-8-9-15-20-17)13-14-19(23-4)16-10-6-5-7-11-16/h5-13,15,19H,14H2,1-4H3/b18-13+. The molecule has 0 aliphatic heterocycles. The molecule has 0 saturated heterocycles. The van der Waals surface area contributed by atoms with Crippen molar-refractivity contribution in [1.29, 1.82) is 0 Å².